The maximum Gasteiger partial charge on any atom is 0.315 e. The minimum absolute atomic E-state index is 0.0149. The molecule has 0 saturated carbocycles. The lowest BCUT2D eigenvalue weighted by Gasteiger charge is -2.16. The van der Waals surface area contributed by atoms with E-state index in [1.165, 1.54) is 0 Å². The first-order valence-corrected chi connectivity index (χ1v) is 8.30. The van der Waals surface area contributed by atoms with Crippen LogP contribution in [0.4, 0.5) is 4.79 Å². The molecule has 0 aromatic carbocycles. The van der Waals surface area contributed by atoms with Crippen LogP contribution in [0.1, 0.15) is 64.2 Å². The number of aromatic nitrogens is 1. The van der Waals surface area contributed by atoms with E-state index in [9.17, 15) is 9.90 Å². The summed E-state index contributed by atoms with van der Waals surface area (Å²) in [6.07, 6.45) is 1.11. The van der Waals surface area contributed by atoms with Gasteiger partial charge in [-0.2, -0.15) is 0 Å². The van der Waals surface area contributed by atoms with Gasteiger partial charge in [0.2, 0.25) is 0 Å². The molecule has 0 bridgehead atoms. The number of amides is 2. The van der Waals surface area contributed by atoms with Crippen molar-refractivity contribution in [1.82, 2.24) is 15.6 Å². The summed E-state index contributed by atoms with van der Waals surface area (Å²) in [6.45, 7) is 10.5. The molecule has 0 aliphatic carbocycles. The number of hydrogen-bond donors (Lipinski definition) is 3. The van der Waals surface area contributed by atoms with Crippen LogP contribution in [0, 0.1) is 0 Å². The number of aliphatic hydroxyl groups is 1. The molecule has 0 fully saturated rings. The Hall–Kier alpha value is -1.14. The Labute approximate surface area is 131 Å². The second-order valence-electron chi connectivity index (χ2n) is 6.34. The third-order valence-corrected chi connectivity index (χ3v) is 4.16. The highest BCUT2D eigenvalue weighted by Gasteiger charge is 2.20. The molecule has 2 atom stereocenters. The molecule has 2 amide bonds. The van der Waals surface area contributed by atoms with Gasteiger partial charge in [0.15, 0.2) is 0 Å². The quantitative estimate of drug-likeness (QED) is 0.756. The fourth-order valence-electron chi connectivity index (χ4n) is 1.79. The topological polar surface area (TPSA) is 74.2 Å². The number of urea groups is 1. The molecule has 0 saturated heterocycles. The van der Waals surface area contributed by atoms with Crippen molar-refractivity contribution in [1.29, 1.82) is 0 Å². The third-order valence-electron chi connectivity index (χ3n) is 3.13. The monoisotopic (exact) mass is 313 g/mol. The van der Waals surface area contributed by atoms with Crippen molar-refractivity contribution in [2.75, 3.05) is 6.54 Å². The van der Waals surface area contributed by atoms with Crippen LogP contribution in [-0.4, -0.2) is 28.8 Å². The second kappa shape index (κ2) is 7.75. The van der Waals surface area contributed by atoms with Gasteiger partial charge in [-0.05, 0) is 13.3 Å². The summed E-state index contributed by atoms with van der Waals surface area (Å²) in [6, 6.07) is -0.417. The average Bonchev–Trinajstić information content (AvgIpc) is 2.86. The van der Waals surface area contributed by atoms with E-state index >= 15 is 0 Å². The molecule has 1 heterocycles. The highest BCUT2D eigenvalue weighted by molar-refractivity contribution is 7.09. The van der Waals surface area contributed by atoms with Gasteiger partial charge in [-0.1, -0.05) is 34.1 Å². The summed E-state index contributed by atoms with van der Waals surface area (Å²) < 4.78 is 0. The Morgan fingerprint density at radius 1 is 1.48 bits per heavy atom. The van der Waals surface area contributed by atoms with Crippen LogP contribution in [0.25, 0.3) is 0 Å². The standard InChI is InChI=1S/C15H27N3O2S/c1-6-7-11(19)8-16-14(20)17-10(2)13-18-12(9-21-13)15(3,4)5/h9-11,19H,6-8H2,1-5H3,(H2,16,17,20). The summed E-state index contributed by atoms with van der Waals surface area (Å²) in [4.78, 5) is 16.4. The van der Waals surface area contributed by atoms with Crippen molar-refractivity contribution >= 4 is 17.4 Å². The van der Waals surface area contributed by atoms with E-state index in [2.05, 4.69) is 36.4 Å². The zero-order valence-electron chi connectivity index (χ0n) is 13.6. The van der Waals surface area contributed by atoms with Crippen LogP contribution in [0.3, 0.4) is 0 Å². The van der Waals surface area contributed by atoms with Crippen molar-refractivity contribution < 1.29 is 9.90 Å². The van der Waals surface area contributed by atoms with E-state index in [0.29, 0.717) is 6.42 Å². The van der Waals surface area contributed by atoms with Gasteiger partial charge in [-0.25, -0.2) is 9.78 Å². The Balaban J connectivity index is 2.47. The van der Waals surface area contributed by atoms with Gasteiger partial charge in [0.05, 0.1) is 17.8 Å². The Kier molecular flexibility index (Phi) is 6.61. The van der Waals surface area contributed by atoms with Crippen LogP contribution in [-0.2, 0) is 5.41 Å². The Morgan fingerprint density at radius 2 is 2.14 bits per heavy atom. The van der Waals surface area contributed by atoms with Crippen LogP contribution in [0.15, 0.2) is 5.38 Å². The molecular weight excluding hydrogens is 286 g/mol. The van der Waals surface area contributed by atoms with Crippen molar-refractivity contribution in [2.24, 2.45) is 0 Å². The number of aliphatic hydroxyl groups excluding tert-OH is 1. The molecule has 120 valence electrons. The van der Waals surface area contributed by atoms with E-state index in [0.717, 1.165) is 17.1 Å². The number of nitrogens with one attached hydrogen (secondary N) is 2. The SMILES string of the molecule is CCCC(O)CNC(=O)NC(C)c1nc(C(C)(C)C)cs1. The van der Waals surface area contributed by atoms with Gasteiger partial charge in [-0.15, -0.1) is 11.3 Å². The Morgan fingerprint density at radius 3 is 2.67 bits per heavy atom. The smallest absolute Gasteiger partial charge is 0.315 e. The number of nitrogens with zero attached hydrogens (tertiary/aromatic N) is 1. The van der Waals surface area contributed by atoms with Gasteiger partial charge in [-0.3, -0.25) is 0 Å². The molecule has 21 heavy (non-hydrogen) atoms. The minimum atomic E-state index is -0.483. The summed E-state index contributed by atoms with van der Waals surface area (Å²) in [5, 5.41) is 18.0. The molecule has 0 spiro atoms. The van der Waals surface area contributed by atoms with E-state index < -0.39 is 6.10 Å². The summed E-state index contributed by atoms with van der Waals surface area (Å²) in [5.41, 5.74) is 1.05. The first-order valence-electron chi connectivity index (χ1n) is 7.42. The molecule has 1 aromatic heterocycles. The highest BCUT2D eigenvalue weighted by atomic mass is 32.1. The molecule has 1 aromatic rings. The molecule has 1 rings (SSSR count). The number of carbonyl (C=O) groups is 1. The van der Waals surface area contributed by atoms with E-state index in [4.69, 9.17) is 0 Å². The molecule has 0 radical (unpaired) electrons. The number of thiazole rings is 1. The van der Waals surface area contributed by atoms with Gasteiger partial charge in [0.1, 0.15) is 5.01 Å². The lowest BCUT2D eigenvalue weighted by Crippen LogP contribution is -2.40. The fraction of sp³-hybridized carbons (Fsp3) is 0.733. The lowest BCUT2D eigenvalue weighted by atomic mass is 9.93. The second-order valence-corrected chi connectivity index (χ2v) is 7.23. The first kappa shape index (κ1) is 17.9. The third kappa shape index (κ3) is 6.01. The van der Waals surface area contributed by atoms with Gasteiger partial charge in [0.25, 0.3) is 0 Å². The highest BCUT2D eigenvalue weighted by Crippen LogP contribution is 2.26. The van der Waals surface area contributed by atoms with E-state index in [-0.39, 0.29) is 24.0 Å². The summed E-state index contributed by atoms with van der Waals surface area (Å²) in [5.74, 6) is 0. The van der Waals surface area contributed by atoms with Crippen LogP contribution < -0.4 is 10.6 Å². The largest absolute Gasteiger partial charge is 0.391 e. The van der Waals surface area contributed by atoms with E-state index in [1.807, 2.05) is 19.2 Å². The predicted molar refractivity (Wildman–Crippen MR) is 86.7 cm³/mol. The van der Waals surface area contributed by atoms with Crippen molar-refractivity contribution in [3.05, 3.63) is 16.1 Å². The molecular formula is C15H27N3O2S. The molecule has 0 aliphatic rings. The van der Waals surface area contributed by atoms with Gasteiger partial charge in [0, 0.05) is 17.3 Å². The zero-order chi connectivity index (χ0) is 16.0. The maximum atomic E-state index is 11.8. The Bertz CT molecular complexity index is 454. The van der Waals surface area contributed by atoms with Crippen LogP contribution in [0.2, 0.25) is 0 Å². The summed E-state index contributed by atoms with van der Waals surface area (Å²) in [7, 11) is 0. The van der Waals surface area contributed by atoms with Gasteiger partial charge >= 0.3 is 6.03 Å². The zero-order valence-corrected chi connectivity index (χ0v) is 14.4. The first-order chi connectivity index (χ1) is 9.74. The van der Waals surface area contributed by atoms with Crippen LogP contribution in [0.5, 0.6) is 0 Å². The fourth-order valence-corrected chi connectivity index (χ4v) is 2.84. The maximum absolute atomic E-state index is 11.8. The van der Waals surface area contributed by atoms with Crippen molar-refractivity contribution in [2.45, 2.75) is 65.0 Å². The average molecular weight is 313 g/mol. The molecule has 5 nitrogen and oxygen atoms in total. The number of carbonyl (C=O) groups excluding carboxylic acids is 1. The van der Waals surface area contributed by atoms with E-state index in [1.54, 1.807) is 11.3 Å². The predicted octanol–water partition coefficient (Wildman–Crippen LogP) is 2.96. The molecule has 0 aliphatic heterocycles. The molecule has 3 N–H and O–H groups in total. The summed E-state index contributed by atoms with van der Waals surface area (Å²) >= 11 is 1.56. The van der Waals surface area contributed by atoms with Gasteiger partial charge < -0.3 is 15.7 Å². The molecule has 2 unspecified atom stereocenters. The minimum Gasteiger partial charge on any atom is -0.391 e. The van der Waals surface area contributed by atoms with Crippen LogP contribution >= 0.6 is 11.3 Å². The van der Waals surface area contributed by atoms with Crippen molar-refractivity contribution in [3.8, 4) is 0 Å². The van der Waals surface area contributed by atoms with Crippen molar-refractivity contribution in [3.63, 3.8) is 0 Å². The number of hydrogen-bond acceptors (Lipinski definition) is 4. The number of rotatable bonds is 6. The molecule has 6 heteroatoms. The normalized spacial score (nSPS) is 14.6. The lowest BCUT2D eigenvalue weighted by molar-refractivity contribution is 0.160.